The van der Waals surface area contributed by atoms with Gasteiger partial charge >= 0.3 is 6.03 Å². The molecule has 10 heteroatoms. The summed E-state index contributed by atoms with van der Waals surface area (Å²) >= 11 is 0. The van der Waals surface area contributed by atoms with Gasteiger partial charge in [0, 0.05) is 29.2 Å². The van der Waals surface area contributed by atoms with Gasteiger partial charge in [0.2, 0.25) is 17.6 Å². The number of urea groups is 1. The minimum Gasteiger partial charge on any atom is -0.343 e. The molecule has 4 rings (SSSR count). The first kappa shape index (κ1) is 17.3. The quantitative estimate of drug-likeness (QED) is 0.636. The van der Waals surface area contributed by atoms with Crippen molar-refractivity contribution in [1.82, 2.24) is 25.8 Å². The van der Waals surface area contributed by atoms with Crippen molar-refractivity contribution in [3.05, 3.63) is 60.2 Å². The molecule has 1 saturated heterocycles. The number of anilines is 1. The molecule has 0 radical (unpaired) electrons. The zero-order valence-electron chi connectivity index (χ0n) is 14.5. The van der Waals surface area contributed by atoms with E-state index >= 15 is 0 Å². The van der Waals surface area contributed by atoms with Crippen LogP contribution in [0.25, 0.3) is 11.4 Å². The number of rotatable bonds is 5. The molecule has 0 spiro atoms. The molecule has 28 heavy (non-hydrogen) atoms. The summed E-state index contributed by atoms with van der Waals surface area (Å²) in [6, 6.07) is 9.41. The van der Waals surface area contributed by atoms with E-state index in [0.717, 1.165) is 0 Å². The first-order valence-electron chi connectivity index (χ1n) is 8.33. The van der Waals surface area contributed by atoms with Crippen molar-refractivity contribution in [1.29, 1.82) is 0 Å². The third kappa shape index (κ3) is 3.56. The van der Waals surface area contributed by atoms with E-state index < -0.39 is 6.03 Å². The van der Waals surface area contributed by atoms with E-state index in [0.29, 0.717) is 22.6 Å². The Morgan fingerprint density at radius 3 is 2.71 bits per heavy atom. The fourth-order valence-corrected chi connectivity index (χ4v) is 2.64. The van der Waals surface area contributed by atoms with Gasteiger partial charge in [0.25, 0.3) is 5.91 Å². The van der Waals surface area contributed by atoms with E-state index in [1.165, 1.54) is 4.90 Å². The Bertz CT molecular complexity index is 1030. The zero-order chi connectivity index (χ0) is 19.5. The Labute approximate surface area is 158 Å². The summed E-state index contributed by atoms with van der Waals surface area (Å²) in [4.78, 5) is 44.7. The zero-order valence-corrected chi connectivity index (χ0v) is 14.5. The maximum atomic E-state index is 12.3. The van der Waals surface area contributed by atoms with Gasteiger partial charge in [0.15, 0.2) is 0 Å². The lowest BCUT2D eigenvalue weighted by molar-refractivity contribution is -0.117. The number of hydrogen-bond acceptors (Lipinski definition) is 7. The first-order valence-corrected chi connectivity index (χ1v) is 8.33. The average molecular weight is 378 g/mol. The summed E-state index contributed by atoms with van der Waals surface area (Å²) in [5, 5.41) is 8.74. The van der Waals surface area contributed by atoms with Crippen LogP contribution in [-0.2, 0) is 11.3 Å². The second-order valence-electron chi connectivity index (χ2n) is 5.92. The minimum absolute atomic E-state index is 0.0409. The Morgan fingerprint density at radius 1 is 1.21 bits per heavy atom. The van der Waals surface area contributed by atoms with Gasteiger partial charge in [-0.05, 0) is 36.4 Å². The SMILES string of the molecule is O=C1CN(c2ccc(C(=O)NCc3nc(-c4cccnc4)no3)cc2)C(=O)N1. The van der Waals surface area contributed by atoms with Gasteiger partial charge in [-0.15, -0.1) is 0 Å². The Balaban J connectivity index is 1.37. The second kappa shape index (κ2) is 7.27. The summed E-state index contributed by atoms with van der Waals surface area (Å²) in [7, 11) is 0. The van der Waals surface area contributed by atoms with Crippen LogP contribution in [0.1, 0.15) is 16.2 Å². The molecule has 2 N–H and O–H groups in total. The number of carbonyl (C=O) groups is 3. The van der Waals surface area contributed by atoms with Crippen molar-refractivity contribution in [3.8, 4) is 11.4 Å². The number of hydrogen-bond donors (Lipinski definition) is 2. The number of nitrogens with one attached hydrogen (secondary N) is 2. The topological polar surface area (TPSA) is 130 Å². The molecular formula is C18H14N6O4. The van der Waals surface area contributed by atoms with Crippen molar-refractivity contribution in [3.63, 3.8) is 0 Å². The van der Waals surface area contributed by atoms with Crippen molar-refractivity contribution in [2.24, 2.45) is 0 Å². The van der Waals surface area contributed by atoms with Crippen LogP contribution in [0.4, 0.5) is 10.5 Å². The number of nitrogens with zero attached hydrogens (tertiary/aromatic N) is 4. The van der Waals surface area contributed by atoms with Crippen LogP contribution in [0.2, 0.25) is 0 Å². The molecule has 0 bridgehead atoms. The van der Waals surface area contributed by atoms with E-state index in [-0.39, 0.29) is 30.8 Å². The van der Waals surface area contributed by atoms with Crippen LogP contribution in [-0.4, -0.2) is 39.5 Å². The largest absolute Gasteiger partial charge is 0.343 e. The summed E-state index contributed by atoms with van der Waals surface area (Å²) in [6.07, 6.45) is 3.26. The molecule has 0 saturated carbocycles. The molecule has 4 amide bonds. The standard InChI is InChI=1S/C18H14N6O4/c25-14-10-24(18(27)21-14)13-5-3-11(4-6-13)17(26)20-9-15-22-16(23-28-15)12-2-1-7-19-8-12/h1-8H,9-10H2,(H,20,26)(H,21,25,27). The van der Waals surface area contributed by atoms with E-state index in [2.05, 4.69) is 25.8 Å². The van der Waals surface area contributed by atoms with Crippen molar-refractivity contribution in [2.75, 3.05) is 11.4 Å². The molecule has 3 aromatic rings. The summed E-state index contributed by atoms with van der Waals surface area (Å²) in [5.41, 5.74) is 1.63. The maximum Gasteiger partial charge on any atom is 0.329 e. The highest BCUT2D eigenvalue weighted by molar-refractivity contribution is 6.12. The number of benzene rings is 1. The van der Waals surface area contributed by atoms with E-state index in [4.69, 9.17) is 4.52 Å². The van der Waals surface area contributed by atoms with Crippen molar-refractivity contribution >= 4 is 23.5 Å². The molecule has 1 aliphatic rings. The van der Waals surface area contributed by atoms with Crippen molar-refractivity contribution < 1.29 is 18.9 Å². The third-order valence-electron chi connectivity index (χ3n) is 4.02. The van der Waals surface area contributed by atoms with Gasteiger partial charge in [-0.3, -0.25) is 24.8 Å². The summed E-state index contributed by atoms with van der Waals surface area (Å²) in [5.74, 6) is -0.0529. The van der Waals surface area contributed by atoms with Crippen molar-refractivity contribution in [2.45, 2.75) is 6.54 Å². The number of imide groups is 1. The molecule has 3 heterocycles. The molecule has 1 fully saturated rings. The van der Waals surface area contributed by atoms with Gasteiger partial charge in [-0.1, -0.05) is 5.16 Å². The minimum atomic E-state index is -0.483. The molecule has 10 nitrogen and oxygen atoms in total. The van der Waals surface area contributed by atoms with Crippen LogP contribution in [0.15, 0.2) is 53.3 Å². The average Bonchev–Trinajstić information content (AvgIpc) is 3.33. The lowest BCUT2D eigenvalue weighted by atomic mass is 10.2. The van der Waals surface area contributed by atoms with Crippen LogP contribution < -0.4 is 15.5 Å². The second-order valence-corrected chi connectivity index (χ2v) is 5.92. The van der Waals surface area contributed by atoms with Crippen LogP contribution in [0.5, 0.6) is 0 Å². The molecule has 2 aromatic heterocycles. The van der Waals surface area contributed by atoms with Crippen LogP contribution >= 0.6 is 0 Å². The Morgan fingerprint density at radius 2 is 2.04 bits per heavy atom. The van der Waals surface area contributed by atoms with Crippen LogP contribution in [0.3, 0.4) is 0 Å². The van der Waals surface area contributed by atoms with Gasteiger partial charge in [0.05, 0.1) is 6.54 Å². The number of amides is 4. The predicted molar refractivity (Wildman–Crippen MR) is 96.0 cm³/mol. The maximum absolute atomic E-state index is 12.3. The van der Waals surface area contributed by atoms with Gasteiger partial charge in [0.1, 0.15) is 6.54 Å². The monoisotopic (exact) mass is 378 g/mol. The normalized spacial score (nSPS) is 13.5. The highest BCUT2D eigenvalue weighted by atomic mass is 16.5. The third-order valence-corrected chi connectivity index (χ3v) is 4.02. The number of aromatic nitrogens is 3. The molecule has 0 aliphatic carbocycles. The molecule has 0 atom stereocenters. The molecule has 1 aliphatic heterocycles. The fraction of sp³-hybridized carbons (Fsp3) is 0.111. The lowest BCUT2D eigenvalue weighted by Crippen LogP contribution is -2.28. The first-order chi connectivity index (χ1) is 13.6. The highest BCUT2D eigenvalue weighted by Crippen LogP contribution is 2.18. The van der Waals surface area contributed by atoms with Gasteiger partial charge in [-0.2, -0.15) is 4.98 Å². The van der Waals surface area contributed by atoms with Gasteiger partial charge < -0.3 is 9.84 Å². The predicted octanol–water partition coefficient (Wildman–Crippen LogP) is 1.12. The molecule has 0 unspecified atom stereocenters. The molecular weight excluding hydrogens is 364 g/mol. The molecule has 1 aromatic carbocycles. The van der Waals surface area contributed by atoms with E-state index in [1.54, 1.807) is 48.8 Å². The van der Waals surface area contributed by atoms with Gasteiger partial charge in [-0.25, -0.2) is 4.79 Å². The lowest BCUT2D eigenvalue weighted by Gasteiger charge is -2.13. The fourth-order valence-electron chi connectivity index (χ4n) is 2.64. The highest BCUT2D eigenvalue weighted by Gasteiger charge is 2.27. The number of carbonyl (C=O) groups excluding carboxylic acids is 3. The number of pyridine rings is 1. The Hall–Kier alpha value is -4.08. The van der Waals surface area contributed by atoms with E-state index in [9.17, 15) is 14.4 Å². The van der Waals surface area contributed by atoms with Crippen LogP contribution in [0, 0.1) is 0 Å². The Kier molecular flexibility index (Phi) is 4.50. The van der Waals surface area contributed by atoms with E-state index in [1.807, 2.05) is 0 Å². The summed E-state index contributed by atoms with van der Waals surface area (Å²) < 4.78 is 5.13. The smallest absolute Gasteiger partial charge is 0.329 e. The summed E-state index contributed by atoms with van der Waals surface area (Å²) in [6.45, 7) is 0.0255. The molecule has 140 valence electrons.